The Morgan fingerprint density at radius 2 is 2.40 bits per heavy atom. The van der Waals surface area contributed by atoms with E-state index in [1.54, 1.807) is 6.07 Å². The molecule has 0 amide bonds. The lowest BCUT2D eigenvalue weighted by Gasteiger charge is -1.93. The van der Waals surface area contributed by atoms with Crippen molar-refractivity contribution in [2.75, 3.05) is 0 Å². The molecule has 0 fully saturated rings. The van der Waals surface area contributed by atoms with Gasteiger partial charge in [-0.25, -0.2) is 0 Å². The molecular formula is C6H3BrClNO. The van der Waals surface area contributed by atoms with E-state index in [1.165, 1.54) is 12.4 Å². The quantitative estimate of drug-likeness (QED) is 0.679. The van der Waals surface area contributed by atoms with Crippen LogP contribution in [-0.4, -0.2) is 10.2 Å². The third-order valence-electron chi connectivity index (χ3n) is 0.984. The number of carbonyl (C=O) groups is 1. The van der Waals surface area contributed by atoms with Crippen LogP contribution in [0.15, 0.2) is 22.9 Å². The van der Waals surface area contributed by atoms with Crippen molar-refractivity contribution in [3.8, 4) is 0 Å². The molecule has 1 aromatic rings. The summed E-state index contributed by atoms with van der Waals surface area (Å²) < 4.78 is 0.620. The van der Waals surface area contributed by atoms with Crippen molar-refractivity contribution in [2.45, 2.75) is 0 Å². The van der Waals surface area contributed by atoms with Gasteiger partial charge < -0.3 is 0 Å². The van der Waals surface area contributed by atoms with Crippen molar-refractivity contribution in [3.05, 3.63) is 28.5 Å². The number of hydrogen-bond donors (Lipinski definition) is 0. The SMILES string of the molecule is O=C(Cl)c1ccncc1Br. The zero-order chi connectivity index (χ0) is 7.56. The van der Waals surface area contributed by atoms with Crippen LogP contribution < -0.4 is 0 Å². The number of aromatic nitrogens is 1. The summed E-state index contributed by atoms with van der Waals surface area (Å²) in [5.41, 5.74) is 0.441. The maximum absolute atomic E-state index is 10.6. The first-order chi connectivity index (χ1) is 4.72. The van der Waals surface area contributed by atoms with Crippen molar-refractivity contribution in [1.29, 1.82) is 0 Å². The second-order valence-corrected chi connectivity index (χ2v) is 2.83. The predicted molar refractivity (Wildman–Crippen MR) is 42.1 cm³/mol. The summed E-state index contributed by atoms with van der Waals surface area (Å²) in [6.07, 6.45) is 3.04. The van der Waals surface area contributed by atoms with E-state index in [-0.39, 0.29) is 0 Å². The zero-order valence-corrected chi connectivity index (χ0v) is 7.19. The maximum atomic E-state index is 10.6. The van der Waals surface area contributed by atoms with Crippen LogP contribution in [0, 0.1) is 0 Å². The van der Waals surface area contributed by atoms with E-state index >= 15 is 0 Å². The molecule has 0 unspecified atom stereocenters. The van der Waals surface area contributed by atoms with Crippen molar-refractivity contribution in [2.24, 2.45) is 0 Å². The van der Waals surface area contributed by atoms with Gasteiger partial charge in [-0.3, -0.25) is 9.78 Å². The molecule has 0 aliphatic rings. The summed E-state index contributed by atoms with van der Waals surface area (Å²) in [7, 11) is 0. The van der Waals surface area contributed by atoms with Gasteiger partial charge in [0.2, 0.25) is 0 Å². The van der Waals surface area contributed by atoms with Gasteiger partial charge in [0.15, 0.2) is 0 Å². The van der Waals surface area contributed by atoms with Crippen LogP contribution in [0.4, 0.5) is 0 Å². The Balaban J connectivity index is 3.15. The number of halogens is 2. The average molecular weight is 220 g/mol. The van der Waals surface area contributed by atoms with Gasteiger partial charge in [-0.1, -0.05) is 0 Å². The van der Waals surface area contributed by atoms with E-state index in [0.717, 1.165) is 0 Å². The Hall–Kier alpha value is -0.410. The van der Waals surface area contributed by atoms with Gasteiger partial charge in [0, 0.05) is 16.9 Å². The Bertz CT molecular complexity index is 264. The van der Waals surface area contributed by atoms with Gasteiger partial charge >= 0.3 is 0 Å². The largest absolute Gasteiger partial charge is 0.276 e. The van der Waals surface area contributed by atoms with E-state index in [2.05, 4.69) is 20.9 Å². The van der Waals surface area contributed by atoms with Crippen LogP contribution in [0.3, 0.4) is 0 Å². The standard InChI is InChI=1S/C6H3BrClNO/c7-5-3-9-2-1-4(5)6(8)10/h1-3H. The van der Waals surface area contributed by atoms with Gasteiger partial charge in [0.05, 0.1) is 5.56 Å². The summed E-state index contributed by atoms with van der Waals surface area (Å²) in [5.74, 6) is 0. The van der Waals surface area contributed by atoms with E-state index < -0.39 is 5.24 Å². The lowest BCUT2D eigenvalue weighted by atomic mass is 10.3. The van der Waals surface area contributed by atoms with Crippen LogP contribution in [0.25, 0.3) is 0 Å². The number of nitrogens with zero attached hydrogens (tertiary/aromatic N) is 1. The summed E-state index contributed by atoms with van der Waals surface area (Å²) in [6.45, 7) is 0. The van der Waals surface area contributed by atoms with Gasteiger partial charge in [0.1, 0.15) is 0 Å². The third kappa shape index (κ3) is 1.55. The van der Waals surface area contributed by atoms with Gasteiger partial charge in [0.25, 0.3) is 5.24 Å². The molecule has 4 heteroatoms. The van der Waals surface area contributed by atoms with Crippen LogP contribution in [-0.2, 0) is 0 Å². The second kappa shape index (κ2) is 3.12. The highest BCUT2D eigenvalue weighted by Gasteiger charge is 2.04. The van der Waals surface area contributed by atoms with Crippen molar-refractivity contribution in [3.63, 3.8) is 0 Å². The normalized spacial score (nSPS) is 9.40. The molecule has 0 aromatic carbocycles. The van der Waals surface area contributed by atoms with Crippen LogP contribution in [0.5, 0.6) is 0 Å². The fraction of sp³-hybridized carbons (Fsp3) is 0. The second-order valence-electron chi connectivity index (χ2n) is 1.63. The fourth-order valence-electron chi connectivity index (χ4n) is 0.535. The van der Waals surface area contributed by atoms with E-state index in [0.29, 0.717) is 10.0 Å². The third-order valence-corrected chi connectivity index (χ3v) is 1.82. The maximum Gasteiger partial charge on any atom is 0.253 e. The topological polar surface area (TPSA) is 30.0 Å². The van der Waals surface area contributed by atoms with E-state index in [4.69, 9.17) is 11.6 Å². The Morgan fingerprint density at radius 1 is 1.70 bits per heavy atom. The van der Waals surface area contributed by atoms with E-state index in [1.807, 2.05) is 0 Å². The van der Waals surface area contributed by atoms with Crippen LogP contribution >= 0.6 is 27.5 Å². The molecule has 0 radical (unpaired) electrons. The minimum atomic E-state index is -0.478. The van der Waals surface area contributed by atoms with Gasteiger partial charge in [-0.05, 0) is 33.6 Å². The molecule has 10 heavy (non-hydrogen) atoms. The molecule has 0 aliphatic carbocycles. The Kier molecular flexibility index (Phi) is 2.40. The van der Waals surface area contributed by atoms with E-state index in [9.17, 15) is 4.79 Å². The van der Waals surface area contributed by atoms with Crippen molar-refractivity contribution >= 4 is 32.8 Å². The van der Waals surface area contributed by atoms with Crippen molar-refractivity contribution < 1.29 is 4.79 Å². The van der Waals surface area contributed by atoms with Gasteiger partial charge in [-0.2, -0.15) is 0 Å². The molecular weight excluding hydrogens is 217 g/mol. The Morgan fingerprint density at radius 3 is 2.80 bits per heavy atom. The minimum Gasteiger partial charge on any atom is -0.276 e. The molecule has 0 saturated carbocycles. The molecule has 1 aromatic heterocycles. The predicted octanol–water partition coefficient (Wildman–Crippen LogP) is 2.22. The van der Waals surface area contributed by atoms with Crippen LogP contribution in [0.2, 0.25) is 0 Å². The highest BCUT2D eigenvalue weighted by atomic mass is 79.9. The lowest BCUT2D eigenvalue weighted by Crippen LogP contribution is -1.89. The highest BCUT2D eigenvalue weighted by Crippen LogP contribution is 2.15. The molecule has 52 valence electrons. The minimum absolute atomic E-state index is 0.441. The molecule has 0 N–H and O–H groups in total. The molecule has 0 saturated heterocycles. The lowest BCUT2D eigenvalue weighted by molar-refractivity contribution is 0.108. The number of rotatable bonds is 1. The molecule has 2 nitrogen and oxygen atoms in total. The molecule has 0 bridgehead atoms. The Labute approximate surface area is 71.3 Å². The first-order valence-corrected chi connectivity index (χ1v) is 3.68. The van der Waals surface area contributed by atoms with Crippen LogP contribution in [0.1, 0.15) is 10.4 Å². The smallest absolute Gasteiger partial charge is 0.253 e. The highest BCUT2D eigenvalue weighted by molar-refractivity contribution is 9.10. The summed E-state index contributed by atoms with van der Waals surface area (Å²) in [5, 5.41) is -0.478. The number of pyridine rings is 1. The zero-order valence-electron chi connectivity index (χ0n) is 4.84. The average Bonchev–Trinajstić information content (AvgIpc) is 1.88. The molecule has 1 rings (SSSR count). The fourth-order valence-corrected chi connectivity index (χ4v) is 1.24. The van der Waals surface area contributed by atoms with Crippen molar-refractivity contribution in [1.82, 2.24) is 4.98 Å². The molecule has 1 heterocycles. The van der Waals surface area contributed by atoms with Gasteiger partial charge in [-0.15, -0.1) is 0 Å². The summed E-state index contributed by atoms with van der Waals surface area (Å²) >= 11 is 8.34. The number of hydrogen-bond acceptors (Lipinski definition) is 2. The first-order valence-electron chi connectivity index (χ1n) is 2.51. The molecule has 0 atom stereocenters. The molecule has 0 spiro atoms. The first kappa shape index (κ1) is 7.69. The number of carbonyl (C=O) groups excluding carboxylic acids is 1. The molecule has 0 aliphatic heterocycles. The summed E-state index contributed by atoms with van der Waals surface area (Å²) in [4.78, 5) is 14.3. The monoisotopic (exact) mass is 219 g/mol. The summed E-state index contributed by atoms with van der Waals surface area (Å²) in [6, 6.07) is 1.55.